The highest BCUT2D eigenvalue weighted by molar-refractivity contribution is 5.78. The van der Waals surface area contributed by atoms with Gasteiger partial charge in [0.25, 0.3) is 0 Å². The molecule has 0 aromatic heterocycles. The fourth-order valence-electron chi connectivity index (χ4n) is 1.65. The van der Waals surface area contributed by atoms with E-state index in [4.69, 9.17) is 5.73 Å². The Morgan fingerprint density at radius 2 is 2.11 bits per heavy atom. The number of amides is 1. The number of rotatable bonds is 7. The third-order valence-electron chi connectivity index (χ3n) is 2.79. The second-order valence-corrected chi connectivity index (χ2v) is 4.04. The Kier molecular flexibility index (Phi) is 6.21. The third kappa shape index (κ3) is 4.82. The van der Waals surface area contributed by atoms with E-state index in [0.717, 1.165) is 0 Å². The molecule has 1 unspecified atom stereocenters. The number of carbonyl (C=O) groups is 1. The van der Waals surface area contributed by atoms with E-state index < -0.39 is 6.61 Å². The van der Waals surface area contributed by atoms with Crippen molar-refractivity contribution in [3.05, 3.63) is 29.8 Å². The van der Waals surface area contributed by atoms with Gasteiger partial charge in [-0.15, -0.1) is 0 Å². The molecule has 1 atom stereocenters. The Morgan fingerprint density at radius 3 is 2.68 bits per heavy atom. The van der Waals surface area contributed by atoms with E-state index in [9.17, 15) is 13.6 Å². The summed E-state index contributed by atoms with van der Waals surface area (Å²) < 4.78 is 28.8. The van der Waals surface area contributed by atoms with Gasteiger partial charge in [0.2, 0.25) is 5.91 Å². The van der Waals surface area contributed by atoms with Crippen LogP contribution < -0.4 is 15.8 Å². The minimum absolute atomic E-state index is 0.0681. The first-order valence-electron chi connectivity index (χ1n) is 6.09. The maximum absolute atomic E-state index is 12.2. The number of hydrogen-bond acceptors (Lipinski definition) is 3. The van der Waals surface area contributed by atoms with Crippen LogP contribution >= 0.6 is 0 Å². The normalized spacial score (nSPS) is 12.3. The molecule has 0 fully saturated rings. The van der Waals surface area contributed by atoms with Crippen LogP contribution in [0.5, 0.6) is 5.75 Å². The lowest BCUT2D eigenvalue weighted by molar-refractivity contribution is -0.124. The zero-order valence-electron chi connectivity index (χ0n) is 10.7. The summed E-state index contributed by atoms with van der Waals surface area (Å²) in [7, 11) is 0. The van der Waals surface area contributed by atoms with Crippen molar-refractivity contribution in [1.82, 2.24) is 5.32 Å². The summed E-state index contributed by atoms with van der Waals surface area (Å²) in [6.07, 6.45) is 0.636. The molecule has 0 bridgehead atoms. The highest BCUT2D eigenvalue weighted by atomic mass is 19.3. The van der Waals surface area contributed by atoms with Crippen molar-refractivity contribution in [2.24, 2.45) is 11.7 Å². The maximum atomic E-state index is 12.2. The van der Waals surface area contributed by atoms with Crippen LogP contribution in [0.25, 0.3) is 0 Å². The van der Waals surface area contributed by atoms with E-state index in [1.807, 2.05) is 6.92 Å². The van der Waals surface area contributed by atoms with Gasteiger partial charge in [-0.2, -0.15) is 8.78 Å². The molecule has 0 radical (unpaired) electrons. The Hall–Kier alpha value is -1.69. The number of alkyl halides is 2. The second kappa shape index (κ2) is 7.68. The van der Waals surface area contributed by atoms with Gasteiger partial charge in [0, 0.05) is 24.6 Å². The Balaban J connectivity index is 2.64. The molecule has 1 amide bonds. The van der Waals surface area contributed by atoms with Gasteiger partial charge < -0.3 is 15.8 Å². The molecule has 0 spiro atoms. The predicted octanol–water partition coefficient (Wildman–Crippen LogP) is 1.89. The van der Waals surface area contributed by atoms with Crippen molar-refractivity contribution in [2.75, 3.05) is 6.54 Å². The minimum atomic E-state index is -2.88. The quantitative estimate of drug-likeness (QED) is 0.796. The van der Waals surface area contributed by atoms with Gasteiger partial charge in [-0.3, -0.25) is 4.79 Å². The van der Waals surface area contributed by atoms with Crippen LogP contribution in [-0.2, 0) is 11.3 Å². The molecule has 1 aromatic carbocycles. The summed E-state index contributed by atoms with van der Waals surface area (Å²) in [6, 6.07) is 6.35. The number of benzene rings is 1. The number of ether oxygens (including phenoxy) is 1. The first-order chi connectivity index (χ1) is 9.08. The Morgan fingerprint density at radius 1 is 1.42 bits per heavy atom. The number of carbonyl (C=O) groups excluding carboxylic acids is 1. The first kappa shape index (κ1) is 15.4. The van der Waals surface area contributed by atoms with Crippen molar-refractivity contribution < 1.29 is 18.3 Å². The highest BCUT2D eigenvalue weighted by Gasteiger charge is 2.15. The lowest BCUT2D eigenvalue weighted by atomic mass is 10.1. The third-order valence-corrected chi connectivity index (χ3v) is 2.79. The Labute approximate surface area is 110 Å². The molecule has 0 saturated carbocycles. The number of halogens is 2. The number of hydrogen-bond donors (Lipinski definition) is 2. The summed E-state index contributed by atoms with van der Waals surface area (Å²) in [5.41, 5.74) is 5.97. The molecule has 0 heterocycles. The average Bonchev–Trinajstić information content (AvgIpc) is 2.38. The molecule has 1 rings (SSSR count). The van der Waals surface area contributed by atoms with Crippen molar-refractivity contribution in [2.45, 2.75) is 26.5 Å². The lowest BCUT2D eigenvalue weighted by Gasteiger charge is -2.14. The van der Waals surface area contributed by atoms with E-state index in [-0.39, 0.29) is 30.7 Å². The van der Waals surface area contributed by atoms with Crippen LogP contribution in [0, 0.1) is 5.92 Å². The van der Waals surface area contributed by atoms with Gasteiger partial charge in [0.05, 0.1) is 0 Å². The minimum Gasteiger partial charge on any atom is -0.434 e. The average molecular weight is 272 g/mol. The first-order valence-corrected chi connectivity index (χ1v) is 6.09. The number of nitrogens with two attached hydrogens (primary N) is 1. The molecular weight excluding hydrogens is 254 g/mol. The van der Waals surface area contributed by atoms with Gasteiger partial charge in [0.1, 0.15) is 5.75 Å². The maximum Gasteiger partial charge on any atom is 0.387 e. The SMILES string of the molecule is CCC(CN)C(=O)NCc1ccccc1OC(F)F. The lowest BCUT2D eigenvalue weighted by Crippen LogP contribution is -2.34. The molecule has 0 aliphatic carbocycles. The standard InChI is InChI=1S/C13H18F2N2O2/c1-2-9(7-16)12(18)17-8-10-5-3-4-6-11(10)19-13(14)15/h3-6,9,13H,2,7-8,16H2,1H3,(H,17,18). The molecule has 106 valence electrons. The molecule has 19 heavy (non-hydrogen) atoms. The van der Waals surface area contributed by atoms with Crippen LogP contribution in [-0.4, -0.2) is 19.1 Å². The number of para-hydroxylation sites is 1. The summed E-state index contributed by atoms with van der Waals surface area (Å²) in [6.45, 7) is -0.620. The van der Waals surface area contributed by atoms with Crippen LogP contribution in [0.15, 0.2) is 24.3 Å². The van der Waals surface area contributed by atoms with Crippen molar-refractivity contribution in [3.63, 3.8) is 0 Å². The molecule has 4 nitrogen and oxygen atoms in total. The zero-order valence-corrected chi connectivity index (χ0v) is 10.7. The predicted molar refractivity (Wildman–Crippen MR) is 67.8 cm³/mol. The fourth-order valence-corrected chi connectivity index (χ4v) is 1.65. The van der Waals surface area contributed by atoms with Crippen molar-refractivity contribution >= 4 is 5.91 Å². The monoisotopic (exact) mass is 272 g/mol. The van der Waals surface area contributed by atoms with Crippen LogP contribution in [0.1, 0.15) is 18.9 Å². The number of nitrogens with one attached hydrogen (secondary N) is 1. The summed E-state index contributed by atoms with van der Waals surface area (Å²) >= 11 is 0. The molecule has 3 N–H and O–H groups in total. The topological polar surface area (TPSA) is 64.4 Å². The van der Waals surface area contributed by atoms with E-state index in [0.29, 0.717) is 12.0 Å². The van der Waals surface area contributed by atoms with Gasteiger partial charge in [-0.25, -0.2) is 0 Å². The second-order valence-electron chi connectivity index (χ2n) is 4.04. The summed E-state index contributed by atoms with van der Waals surface area (Å²) in [4.78, 5) is 11.7. The highest BCUT2D eigenvalue weighted by Crippen LogP contribution is 2.20. The van der Waals surface area contributed by atoms with Gasteiger partial charge in [-0.05, 0) is 12.5 Å². The van der Waals surface area contributed by atoms with Gasteiger partial charge in [0.15, 0.2) is 0 Å². The van der Waals surface area contributed by atoms with E-state index in [2.05, 4.69) is 10.1 Å². The van der Waals surface area contributed by atoms with Crippen molar-refractivity contribution in [1.29, 1.82) is 0 Å². The zero-order chi connectivity index (χ0) is 14.3. The van der Waals surface area contributed by atoms with Crippen LogP contribution in [0.4, 0.5) is 8.78 Å². The smallest absolute Gasteiger partial charge is 0.387 e. The van der Waals surface area contributed by atoms with Crippen LogP contribution in [0.3, 0.4) is 0 Å². The Bertz CT molecular complexity index is 409. The summed E-state index contributed by atoms with van der Waals surface area (Å²) in [5, 5.41) is 2.67. The van der Waals surface area contributed by atoms with Crippen LogP contribution in [0.2, 0.25) is 0 Å². The molecule has 0 saturated heterocycles. The molecule has 6 heteroatoms. The van der Waals surface area contributed by atoms with Gasteiger partial charge in [-0.1, -0.05) is 25.1 Å². The van der Waals surface area contributed by atoms with E-state index >= 15 is 0 Å². The molecule has 0 aliphatic heterocycles. The van der Waals surface area contributed by atoms with E-state index in [1.54, 1.807) is 18.2 Å². The largest absolute Gasteiger partial charge is 0.434 e. The van der Waals surface area contributed by atoms with E-state index in [1.165, 1.54) is 6.07 Å². The molecular formula is C13H18F2N2O2. The van der Waals surface area contributed by atoms with Crippen molar-refractivity contribution in [3.8, 4) is 5.75 Å². The fraction of sp³-hybridized carbons (Fsp3) is 0.462. The molecule has 0 aliphatic rings. The summed E-state index contributed by atoms with van der Waals surface area (Å²) in [5.74, 6) is -0.376. The van der Waals surface area contributed by atoms with Gasteiger partial charge >= 0.3 is 6.61 Å². The molecule has 1 aromatic rings.